The molecule has 0 aliphatic carbocycles. The number of anilines is 2. The second-order valence-corrected chi connectivity index (χ2v) is 8.17. The van der Waals surface area contributed by atoms with Gasteiger partial charge >= 0.3 is 12.6 Å². The Hall–Kier alpha value is -4.72. The van der Waals surface area contributed by atoms with Crippen molar-refractivity contribution in [1.29, 1.82) is 5.26 Å². The SMILES string of the molecule is COC(=O)CCc1cccc(C(Nc2ccc(C#N)cc2)C(=O)NCc2cc(N)cc(F)c2OC(F)F)c1. The van der Waals surface area contributed by atoms with Gasteiger partial charge in [0.25, 0.3) is 0 Å². The Labute approximate surface area is 217 Å². The maximum atomic E-state index is 14.2. The van der Waals surface area contributed by atoms with E-state index in [1.807, 2.05) is 6.07 Å². The van der Waals surface area contributed by atoms with Crippen LogP contribution >= 0.6 is 0 Å². The van der Waals surface area contributed by atoms with Crippen molar-refractivity contribution in [3.05, 3.63) is 88.7 Å². The molecule has 1 unspecified atom stereocenters. The van der Waals surface area contributed by atoms with E-state index in [0.717, 1.165) is 11.6 Å². The molecule has 3 aromatic rings. The van der Waals surface area contributed by atoms with Crippen LogP contribution in [-0.2, 0) is 27.3 Å². The predicted molar refractivity (Wildman–Crippen MR) is 134 cm³/mol. The molecule has 11 heteroatoms. The van der Waals surface area contributed by atoms with Gasteiger partial charge in [-0.15, -0.1) is 0 Å². The van der Waals surface area contributed by atoms with Gasteiger partial charge in [0.15, 0.2) is 11.6 Å². The molecule has 0 aromatic heterocycles. The van der Waals surface area contributed by atoms with Crippen molar-refractivity contribution in [3.63, 3.8) is 0 Å². The topological polar surface area (TPSA) is 126 Å². The molecule has 0 fully saturated rings. The summed E-state index contributed by atoms with van der Waals surface area (Å²) in [4.78, 5) is 24.9. The van der Waals surface area contributed by atoms with Gasteiger partial charge in [0.2, 0.25) is 5.91 Å². The van der Waals surface area contributed by atoms with E-state index in [1.54, 1.807) is 48.5 Å². The Morgan fingerprint density at radius 1 is 1.11 bits per heavy atom. The molecule has 0 heterocycles. The fraction of sp³-hybridized carbons (Fsp3) is 0.222. The van der Waals surface area contributed by atoms with E-state index in [-0.39, 0.29) is 30.2 Å². The number of ether oxygens (including phenoxy) is 2. The molecule has 0 radical (unpaired) electrons. The zero-order chi connectivity index (χ0) is 27.7. The molecule has 0 spiro atoms. The van der Waals surface area contributed by atoms with Gasteiger partial charge < -0.3 is 25.8 Å². The fourth-order valence-corrected chi connectivity index (χ4v) is 3.69. The summed E-state index contributed by atoms with van der Waals surface area (Å²) in [6, 6.07) is 16.5. The summed E-state index contributed by atoms with van der Waals surface area (Å²) in [5.41, 5.74) is 7.83. The molecule has 8 nitrogen and oxygen atoms in total. The standard InChI is InChI=1S/C27H25F3N4O4/c1-37-23(35)10-7-16-3-2-4-18(11-16)24(34-21-8-5-17(14-31)6-9-21)26(36)33-15-19-12-20(32)13-22(28)25(19)38-27(29)30/h2-6,8-9,11-13,24,27,34H,7,10,15,32H2,1H3,(H,33,36). The number of aryl methyl sites for hydroxylation is 1. The van der Waals surface area contributed by atoms with E-state index < -0.39 is 30.1 Å². The van der Waals surface area contributed by atoms with E-state index in [0.29, 0.717) is 23.2 Å². The maximum absolute atomic E-state index is 14.2. The van der Waals surface area contributed by atoms with Crippen LogP contribution < -0.4 is 21.1 Å². The first-order chi connectivity index (χ1) is 18.2. The quantitative estimate of drug-likeness (QED) is 0.249. The first-order valence-corrected chi connectivity index (χ1v) is 11.4. The third-order valence-electron chi connectivity index (χ3n) is 5.52. The van der Waals surface area contributed by atoms with E-state index in [9.17, 15) is 22.8 Å². The molecule has 4 N–H and O–H groups in total. The summed E-state index contributed by atoms with van der Waals surface area (Å²) in [5, 5.41) is 14.8. The first kappa shape index (κ1) is 27.9. The molecule has 0 saturated carbocycles. The van der Waals surface area contributed by atoms with Gasteiger partial charge in [-0.2, -0.15) is 14.0 Å². The van der Waals surface area contributed by atoms with Gasteiger partial charge in [-0.05, 0) is 47.9 Å². The highest BCUT2D eigenvalue weighted by Crippen LogP contribution is 2.28. The Kier molecular flexibility index (Phi) is 9.54. The predicted octanol–water partition coefficient (Wildman–Crippen LogP) is 4.46. The number of halogens is 3. The van der Waals surface area contributed by atoms with Gasteiger partial charge in [0.05, 0.1) is 18.7 Å². The lowest BCUT2D eigenvalue weighted by molar-refractivity contribution is -0.140. The van der Waals surface area contributed by atoms with E-state index in [1.165, 1.54) is 13.2 Å². The maximum Gasteiger partial charge on any atom is 0.387 e. The average molecular weight is 527 g/mol. The second-order valence-electron chi connectivity index (χ2n) is 8.17. The van der Waals surface area contributed by atoms with Crippen molar-refractivity contribution in [3.8, 4) is 11.8 Å². The van der Waals surface area contributed by atoms with E-state index in [2.05, 4.69) is 20.1 Å². The minimum absolute atomic E-state index is 0.0288. The number of nitrogens with one attached hydrogen (secondary N) is 2. The minimum Gasteiger partial charge on any atom is -0.469 e. The molecule has 0 bridgehead atoms. The Bertz CT molecular complexity index is 1330. The zero-order valence-corrected chi connectivity index (χ0v) is 20.3. The lowest BCUT2D eigenvalue weighted by atomic mass is 10.00. The third kappa shape index (κ3) is 7.64. The monoisotopic (exact) mass is 526 g/mol. The Balaban J connectivity index is 1.88. The third-order valence-corrected chi connectivity index (χ3v) is 5.52. The van der Waals surface area contributed by atoms with Gasteiger partial charge in [-0.25, -0.2) is 4.39 Å². The highest BCUT2D eigenvalue weighted by atomic mass is 19.3. The number of alkyl halides is 2. The van der Waals surface area contributed by atoms with Crippen molar-refractivity contribution in [1.82, 2.24) is 5.32 Å². The summed E-state index contributed by atoms with van der Waals surface area (Å²) in [6.45, 7) is -3.63. The van der Waals surface area contributed by atoms with Crippen LogP contribution in [0.25, 0.3) is 0 Å². The number of nitriles is 1. The molecule has 0 saturated heterocycles. The smallest absolute Gasteiger partial charge is 0.387 e. The van der Waals surface area contributed by atoms with E-state index >= 15 is 0 Å². The molecule has 3 rings (SSSR count). The van der Waals surface area contributed by atoms with Crippen LogP contribution in [-0.4, -0.2) is 25.6 Å². The van der Waals surface area contributed by atoms with Crippen LogP contribution in [0.15, 0.2) is 60.7 Å². The lowest BCUT2D eigenvalue weighted by Crippen LogP contribution is -2.33. The number of amides is 1. The molecule has 0 aliphatic rings. The Morgan fingerprint density at radius 3 is 2.50 bits per heavy atom. The molecule has 38 heavy (non-hydrogen) atoms. The lowest BCUT2D eigenvalue weighted by Gasteiger charge is -2.21. The molecule has 0 aliphatic heterocycles. The van der Waals surface area contributed by atoms with Crippen molar-refractivity contribution in [2.24, 2.45) is 0 Å². The van der Waals surface area contributed by atoms with Crippen LogP contribution in [0.2, 0.25) is 0 Å². The number of hydrogen-bond donors (Lipinski definition) is 3. The summed E-state index contributed by atoms with van der Waals surface area (Å²) in [5.74, 6) is -2.74. The number of rotatable bonds is 11. The number of carbonyl (C=O) groups is 2. The van der Waals surface area contributed by atoms with E-state index in [4.69, 9.17) is 11.0 Å². The highest BCUT2D eigenvalue weighted by Gasteiger charge is 2.23. The Morgan fingerprint density at radius 2 is 1.84 bits per heavy atom. The fourth-order valence-electron chi connectivity index (χ4n) is 3.69. The van der Waals surface area contributed by atoms with Crippen LogP contribution in [0.5, 0.6) is 5.75 Å². The van der Waals surface area contributed by atoms with Crippen molar-refractivity contribution in [2.75, 3.05) is 18.2 Å². The molecule has 1 amide bonds. The normalized spacial score (nSPS) is 11.4. The number of methoxy groups -OCH3 is 1. The molecule has 1 atom stereocenters. The number of carbonyl (C=O) groups excluding carboxylic acids is 2. The molecular formula is C27H25F3N4O4. The number of nitrogens with zero attached hydrogens (tertiary/aromatic N) is 1. The summed E-state index contributed by atoms with van der Waals surface area (Å²) < 4.78 is 48.9. The van der Waals surface area contributed by atoms with Crippen LogP contribution in [0.4, 0.5) is 24.5 Å². The first-order valence-electron chi connectivity index (χ1n) is 11.4. The van der Waals surface area contributed by atoms with Gasteiger partial charge in [0.1, 0.15) is 6.04 Å². The average Bonchev–Trinajstić information content (AvgIpc) is 2.90. The highest BCUT2D eigenvalue weighted by molar-refractivity contribution is 5.86. The molecule has 198 valence electrons. The zero-order valence-electron chi connectivity index (χ0n) is 20.3. The van der Waals surface area contributed by atoms with Gasteiger partial charge in [-0.3, -0.25) is 9.59 Å². The van der Waals surface area contributed by atoms with Crippen LogP contribution in [0.3, 0.4) is 0 Å². The number of hydrogen-bond acceptors (Lipinski definition) is 7. The van der Waals surface area contributed by atoms with Gasteiger partial charge in [0, 0.05) is 36.0 Å². The van der Waals surface area contributed by atoms with Crippen molar-refractivity contribution < 1.29 is 32.2 Å². The summed E-state index contributed by atoms with van der Waals surface area (Å²) >= 11 is 0. The summed E-state index contributed by atoms with van der Waals surface area (Å²) in [6.07, 6.45) is 0.524. The minimum atomic E-state index is -3.28. The largest absolute Gasteiger partial charge is 0.469 e. The van der Waals surface area contributed by atoms with Crippen LogP contribution in [0, 0.1) is 17.1 Å². The number of esters is 1. The number of nitrogen functional groups attached to an aromatic ring is 1. The second kappa shape index (κ2) is 13.0. The number of benzene rings is 3. The van der Waals surface area contributed by atoms with Crippen LogP contribution in [0.1, 0.15) is 34.7 Å². The molecular weight excluding hydrogens is 501 g/mol. The van der Waals surface area contributed by atoms with Crippen molar-refractivity contribution >= 4 is 23.3 Å². The summed E-state index contributed by atoms with van der Waals surface area (Å²) in [7, 11) is 1.30. The van der Waals surface area contributed by atoms with Crippen molar-refractivity contribution in [2.45, 2.75) is 32.0 Å². The molecule has 3 aromatic carbocycles. The number of nitrogens with two attached hydrogens (primary N) is 1. The van der Waals surface area contributed by atoms with Gasteiger partial charge in [-0.1, -0.05) is 24.3 Å².